The van der Waals surface area contributed by atoms with Gasteiger partial charge >= 0.3 is 5.97 Å². The monoisotopic (exact) mass is 369 g/mol. The summed E-state index contributed by atoms with van der Waals surface area (Å²) in [6.45, 7) is 0. The van der Waals surface area contributed by atoms with Gasteiger partial charge in [-0.3, -0.25) is 14.2 Å². The Kier molecular flexibility index (Phi) is 5.04. The minimum absolute atomic E-state index is 0.0263. The van der Waals surface area contributed by atoms with Crippen LogP contribution in [-0.4, -0.2) is 34.3 Å². The Hall–Kier alpha value is -3.13. The van der Waals surface area contributed by atoms with Crippen LogP contribution < -0.4 is 11.3 Å². The van der Waals surface area contributed by atoms with Crippen LogP contribution >= 0.6 is 11.8 Å². The molecule has 1 heterocycles. The molecular weight excluding hydrogens is 354 g/mol. The van der Waals surface area contributed by atoms with E-state index in [4.69, 9.17) is 10.5 Å². The van der Waals surface area contributed by atoms with Crippen molar-refractivity contribution in [3.05, 3.63) is 64.4 Å². The second kappa shape index (κ2) is 7.40. The number of amides is 1. The number of hydrogen-bond acceptors (Lipinski definition) is 6. The van der Waals surface area contributed by atoms with Crippen molar-refractivity contribution in [3.63, 3.8) is 0 Å². The summed E-state index contributed by atoms with van der Waals surface area (Å²) in [4.78, 5) is 40.4. The summed E-state index contributed by atoms with van der Waals surface area (Å²) in [6, 6.07) is 13.5. The first-order valence-corrected chi connectivity index (χ1v) is 8.61. The number of methoxy groups -OCH3 is 1. The fourth-order valence-electron chi connectivity index (χ4n) is 2.45. The average Bonchev–Trinajstić information content (AvgIpc) is 2.66. The van der Waals surface area contributed by atoms with Crippen LogP contribution in [0.2, 0.25) is 0 Å². The number of nitrogens with zero attached hydrogens (tertiary/aromatic N) is 2. The number of esters is 1. The Bertz CT molecular complexity index is 1050. The van der Waals surface area contributed by atoms with E-state index in [0.717, 1.165) is 11.8 Å². The third kappa shape index (κ3) is 3.45. The van der Waals surface area contributed by atoms with Crippen LogP contribution in [0, 0.1) is 0 Å². The number of nitrogens with two attached hydrogens (primary N) is 1. The molecule has 0 spiro atoms. The number of fused-ring (bicyclic) bond motifs is 1. The van der Waals surface area contributed by atoms with Crippen LogP contribution in [0.25, 0.3) is 16.6 Å². The van der Waals surface area contributed by atoms with E-state index in [2.05, 4.69) is 4.98 Å². The van der Waals surface area contributed by atoms with Crippen molar-refractivity contribution in [2.45, 2.75) is 5.16 Å². The Balaban J connectivity index is 2.25. The Morgan fingerprint density at radius 2 is 1.92 bits per heavy atom. The van der Waals surface area contributed by atoms with Crippen LogP contribution in [-0.2, 0) is 9.53 Å². The van der Waals surface area contributed by atoms with E-state index < -0.39 is 11.9 Å². The van der Waals surface area contributed by atoms with E-state index in [1.807, 2.05) is 6.07 Å². The van der Waals surface area contributed by atoms with Gasteiger partial charge in [-0.2, -0.15) is 0 Å². The van der Waals surface area contributed by atoms with Gasteiger partial charge in [0.15, 0.2) is 5.16 Å². The smallest absolute Gasteiger partial charge is 0.337 e. The van der Waals surface area contributed by atoms with Gasteiger partial charge in [-0.15, -0.1) is 0 Å². The molecule has 0 saturated heterocycles. The molecule has 0 saturated carbocycles. The minimum atomic E-state index is -0.521. The number of carbonyl (C=O) groups is 2. The number of rotatable bonds is 5. The lowest BCUT2D eigenvalue weighted by Crippen LogP contribution is -2.23. The third-order valence-electron chi connectivity index (χ3n) is 3.62. The summed E-state index contributed by atoms with van der Waals surface area (Å²) in [6.07, 6.45) is 0. The number of para-hydroxylation sites is 1. The fourth-order valence-corrected chi connectivity index (χ4v) is 3.20. The van der Waals surface area contributed by atoms with Gasteiger partial charge in [0.1, 0.15) is 0 Å². The molecule has 1 aromatic heterocycles. The summed E-state index contributed by atoms with van der Waals surface area (Å²) in [5.41, 5.74) is 6.18. The largest absolute Gasteiger partial charge is 0.465 e. The van der Waals surface area contributed by atoms with Crippen molar-refractivity contribution in [1.82, 2.24) is 9.55 Å². The molecule has 2 aromatic carbocycles. The number of ether oxygens (including phenoxy) is 1. The van der Waals surface area contributed by atoms with Gasteiger partial charge in [0, 0.05) is 0 Å². The summed E-state index contributed by atoms with van der Waals surface area (Å²) in [5, 5.41) is 0.666. The van der Waals surface area contributed by atoms with Gasteiger partial charge in [0.05, 0.1) is 35.0 Å². The van der Waals surface area contributed by atoms with Crippen LogP contribution in [0.4, 0.5) is 0 Å². The minimum Gasteiger partial charge on any atom is -0.465 e. The number of benzene rings is 2. The molecule has 0 aliphatic rings. The molecule has 0 aliphatic carbocycles. The number of primary amides is 1. The van der Waals surface area contributed by atoms with E-state index in [-0.39, 0.29) is 16.9 Å². The molecule has 132 valence electrons. The van der Waals surface area contributed by atoms with Crippen molar-refractivity contribution < 1.29 is 14.3 Å². The maximum absolute atomic E-state index is 13.0. The molecule has 1 amide bonds. The number of aromatic nitrogens is 2. The van der Waals surface area contributed by atoms with Crippen molar-refractivity contribution in [2.75, 3.05) is 12.9 Å². The molecule has 0 bridgehead atoms. The molecule has 26 heavy (non-hydrogen) atoms. The zero-order valence-electron chi connectivity index (χ0n) is 13.8. The predicted octanol–water partition coefficient (Wildman–Crippen LogP) is 1.75. The summed E-state index contributed by atoms with van der Waals surface area (Å²) in [7, 11) is 1.28. The SMILES string of the molecule is COC(=O)c1ccc2c(=O)n(-c3ccccc3)c(SCC(N)=O)nc2c1. The van der Waals surface area contributed by atoms with E-state index in [0.29, 0.717) is 21.7 Å². The normalized spacial score (nSPS) is 10.7. The molecule has 3 rings (SSSR count). The van der Waals surface area contributed by atoms with Gasteiger partial charge in [-0.05, 0) is 30.3 Å². The predicted molar refractivity (Wildman–Crippen MR) is 98.6 cm³/mol. The third-order valence-corrected chi connectivity index (χ3v) is 4.58. The first-order chi connectivity index (χ1) is 12.5. The van der Waals surface area contributed by atoms with Gasteiger partial charge in [-0.25, -0.2) is 9.78 Å². The Morgan fingerprint density at radius 1 is 1.19 bits per heavy atom. The molecule has 0 aliphatic heterocycles. The quantitative estimate of drug-likeness (QED) is 0.417. The Labute approximate surface area is 152 Å². The van der Waals surface area contributed by atoms with Gasteiger partial charge in [0.25, 0.3) is 5.56 Å². The molecule has 0 atom stereocenters. The summed E-state index contributed by atoms with van der Waals surface area (Å²) >= 11 is 1.06. The highest BCUT2D eigenvalue weighted by Gasteiger charge is 2.16. The lowest BCUT2D eigenvalue weighted by molar-refractivity contribution is -0.115. The van der Waals surface area contributed by atoms with Crippen LogP contribution in [0.3, 0.4) is 0 Å². The van der Waals surface area contributed by atoms with Crippen LogP contribution in [0.5, 0.6) is 0 Å². The second-order valence-corrected chi connectivity index (χ2v) is 6.29. The van der Waals surface area contributed by atoms with Crippen molar-refractivity contribution in [3.8, 4) is 5.69 Å². The number of thioether (sulfide) groups is 1. The summed E-state index contributed by atoms with van der Waals surface area (Å²) < 4.78 is 6.13. The lowest BCUT2D eigenvalue weighted by atomic mass is 10.1. The molecule has 0 fully saturated rings. The highest BCUT2D eigenvalue weighted by molar-refractivity contribution is 7.99. The lowest BCUT2D eigenvalue weighted by Gasteiger charge is -2.13. The average molecular weight is 369 g/mol. The maximum atomic E-state index is 13.0. The fraction of sp³-hybridized carbons (Fsp3) is 0.111. The number of carbonyl (C=O) groups excluding carboxylic acids is 2. The molecule has 3 aromatic rings. The van der Waals surface area contributed by atoms with Crippen LogP contribution in [0.15, 0.2) is 58.5 Å². The van der Waals surface area contributed by atoms with E-state index in [9.17, 15) is 14.4 Å². The van der Waals surface area contributed by atoms with Crippen molar-refractivity contribution >= 4 is 34.5 Å². The molecule has 7 nitrogen and oxygen atoms in total. The van der Waals surface area contributed by atoms with E-state index in [1.165, 1.54) is 23.8 Å². The van der Waals surface area contributed by atoms with E-state index >= 15 is 0 Å². The van der Waals surface area contributed by atoms with E-state index in [1.54, 1.807) is 30.3 Å². The maximum Gasteiger partial charge on any atom is 0.337 e. The topological polar surface area (TPSA) is 104 Å². The zero-order chi connectivity index (χ0) is 18.7. The zero-order valence-corrected chi connectivity index (χ0v) is 14.7. The summed E-state index contributed by atoms with van der Waals surface area (Å²) in [5.74, 6) is -1.07. The highest BCUT2D eigenvalue weighted by atomic mass is 32.2. The van der Waals surface area contributed by atoms with Crippen molar-refractivity contribution in [2.24, 2.45) is 5.73 Å². The van der Waals surface area contributed by atoms with Crippen LogP contribution in [0.1, 0.15) is 10.4 Å². The van der Waals surface area contributed by atoms with Gasteiger partial charge in [-0.1, -0.05) is 30.0 Å². The number of hydrogen-bond donors (Lipinski definition) is 1. The molecule has 0 radical (unpaired) electrons. The molecule has 0 unspecified atom stereocenters. The second-order valence-electron chi connectivity index (χ2n) is 5.35. The first-order valence-electron chi connectivity index (χ1n) is 7.63. The molecular formula is C18H15N3O4S. The molecule has 2 N–H and O–H groups in total. The standard InChI is InChI=1S/C18H15N3O4S/c1-25-17(24)11-7-8-13-14(9-11)20-18(26-10-15(19)22)21(16(13)23)12-5-3-2-4-6-12/h2-9H,10H2,1H3,(H2,19,22). The van der Waals surface area contributed by atoms with Gasteiger partial charge in [0.2, 0.25) is 5.91 Å². The van der Waals surface area contributed by atoms with Crippen molar-refractivity contribution in [1.29, 1.82) is 0 Å². The Morgan fingerprint density at radius 3 is 2.58 bits per heavy atom. The molecule has 8 heteroatoms. The first kappa shape index (κ1) is 17.7. The highest BCUT2D eigenvalue weighted by Crippen LogP contribution is 2.22. The van der Waals surface area contributed by atoms with Gasteiger partial charge < -0.3 is 10.5 Å².